The van der Waals surface area contributed by atoms with E-state index in [0.717, 1.165) is 31.7 Å². The van der Waals surface area contributed by atoms with Crippen LogP contribution >= 0.6 is 0 Å². The second kappa shape index (κ2) is 9.59. The van der Waals surface area contributed by atoms with Crippen molar-refractivity contribution in [2.45, 2.75) is 25.7 Å². The van der Waals surface area contributed by atoms with E-state index < -0.39 is 22.9 Å². The largest absolute Gasteiger partial charge is 0.355 e. The highest BCUT2D eigenvalue weighted by molar-refractivity contribution is 7.77. The number of ketones is 1. The summed E-state index contributed by atoms with van der Waals surface area (Å²) in [6, 6.07) is 9.77. The van der Waals surface area contributed by atoms with Gasteiger partial charge in [0.2, 0.25) is 11.3 Å². The van der Waals surface area contributed by atoms with Crippen LogP contribution in [0.25, 0.3) is 11.0 Å². The minimum absolute atomic E-state index is 0.000740. The van der Waals surface area contributed by atoms with Gasteiger partial charge in [-0.2, -0.15) is 0 Å². The fraction of sp³-hybridized carbons (Fsp3) is 0.318. The summed E-state index contributed by atoms with van der Waals surface area (Å²) >= 11 is -2.09. The highest BCUT2D eigenvalue weighted by Crippen LogP contribution is 2.23. The maximum Gasteiger partial charge on any atom is 0.231 e. The van der Waals surface area contributed by atoms with Crippen molar-refractivity contribution in [3.05, 3.63) is 65.1 Å². The van der Waals surface area contributed by atoms with Crippen molar-refractivity contribution in [3.63, 3.8) is 0 Å². The summed E-state index contributed by atoms with van der Waals surface area (Å²) in [6.45, 7) is 2.16. The van der Waals surface area contributed by atoms with Gasteiger partial charge < -0.3 is 4.90 Å². The second-order valence-corrected chi connectivity index (χ2v) is 8.27. The molecule has 0 radical (unpaired) electrons. The first-order chi connectivity index (χ1) is 15.0. The van der Waals surface area contributed by atoms with Gasteiger partial charge in [-0.05, 0) is 55.5 Å². The Kier molecular flexibility index (Phi) is 6.64. The van der Waals surface area contributed by atoms with Gasteiger partial charge in [-0.3, -0.25) is 14.3 Å². The Morgan fingerprint density at radius 3 is 2.77 bits per heavy atom. The molecule has 0 saturated carbocycles. The molecule has 7 nitrogen and oxygen atoms in total. The van der Waals surface area contributed by atoms with Crippen LogP contribution in [0.3, 0.4) is 0 Å². The quantitative estimate of drug-likeness (QED) is 0.316. The third kappa shape index (κ3) is 4.95. The molecule has 1 aliphatic heterocycles. The maximum atomic E-state index is 15.0. The van der Waals surface area contributed by atoms with Crippen molar-refractivity contribution < 1.29 is 17.9 Å². The van der Waals surface area contributed by atoms with Gasteiger partial charge in [0, 0.05) is 25.2 Å². The monoisotopic (exact) mass is 442 g/mol. The van der Waals surface area contributed by atoms with Crippen LogP contribution in [0, 0.1) is 5.82 Å². The number of aryl methyl sites for hydroxylation is 1. The van der Waals surface area contributed by atoms with Crippen LogP contribution < -0.4 is 9.62 Å². The van der Waals surface area contributed by atoms with E-state index in [4.69, 9.17) is 4.55 Å². The number of halogens is 1. The number of hydrogen-bond acceptors (Lipinski definition) is 5. The van der Waals surface area contributed by atoms with Crippen molar-refractivity contribution in [2.24, 2.45) is 0 Å². The summed E-state index contributed by atoms with van der Waals surface area (Å²) in [6.07, 6.45) is 4.81. The van der Waals surface area contributed by atoms with Crippen molar-refractivity contribution in [3.8, 4) is 0 Å². The molecule has 31 heavy (non-hydrogen) atoms. The Bertz CT molecular complexity index is 1130. The standard InChI is InChI=1S/C22H23FN4O3S/c23-21-15(6-4-10-25-31(29)30)5-3-7-17(21)22(28)16-8-9-18-19(13-16)26-20(14-24-18)27-11-1-2-12-27/h3,5,7-9,13-14,25H,1-2,4,6,10-12H2,(H,29,30). The van der Waals surface area contributed by atoms with Crippen LogP contribution in [0.5, 0.6) is 0 Å². The molecular weight excluding hydrogens is 419 g/mol. The summed E-state index contributed by atoms with van der Waals surface area (Å²) in [5, 5.41) is 0. The zero-order valence-corrected chi connectivity index (χ0v) is 17.7. The molecular formula is C22H23FN4O3S. The predicted molar refractivity (Wildman–Crippen MR) is 118 cm³/mol. The molecule has 0 bridgehead atoms. The minimum Gasteiger partial charge on any atom is -0.355 e. The average molecular weight is 443 g/mol. The van der Waals surface area contributed by atoms with Gasteiger partial charge in [-0.1, -0.05) is 12.1 Å². The molecule has 1 unspecified atom stereocenters. The van der Waals surface area contributed by atoms with E-state index in [1.165, 1.54) is 6.07 Å². The van der Waals surface area contributed by atoms with E-state index in [-0.39, 0.29) is 12.1 Å². The van der Waals surface area contributed by atoms with E-state index in [1.54, 1.807) is 36.5 Å². The highest BCUT2D eigenvalue weighted by Gasteiger charge is 2.18. The van der Waals surface area contributed by atoms with Crippen LogP contribution in [0.2, 0.25) is 0 Å². The molecule has 9 heteroatoms. The summed E-state index contributed by atoms with van der Waals surface area (Å²) in [5.41, 5.74) is 2.04. The lowest BCUT2D eigenvalue weighted by Gasteiger charge is -2.16. The summed E-state index contributed by atoms with van der Waals surface area (Å²) < 4.78 is 36.7. The number of carbonyl (C=O) groups excluding carboxylic acids is 1. The predicted octanol–water partition coefficient (Wildman–Crippen LogP) is 3.26. The zero-order chi connectivity index (χ0) is 21.8. The first-order valence-electron chi connectivity index (χ1n) is 10.2. The highest BCUT2D eigenvalue weighted by atomic mass is 32.2. The fourth-order valence-electron chi connectivity index (χ4n) is 3.78. The van der Waals surface area contributed by atoms with Gasteiger partial charge >= 0.3 is 0 Å². The van der Waals surface area contributed by atoms with Crippen molar-refractivity contribution in [1.82, 2.24) is 14.7 Å². The second-order valence-electron chi connectivity index (χ2n) is 7.48. The number of anilines is 1. The van der Waals surface area contributed by atoms with Crippen molar-refractivity contribution in [1.29, 1.82) is 0 Å². The Labute approximate surface area is 182 Å². The molecule has 0 aliphatic carbocycles. The van der Waals surface area contributed by atoms with Crippen molar-refractivity contribution >= 4 is 33.9 Å². The van der Waals surface area contributed by atoms with Crippen LogP contribution in [0.4, 0.5) is 10.2 Å². The molecule has 1 aliphatic rings. The normalized spacial score (nSPS) is 14.8. The SMILES string of the molecule is O=C(c1ccc2ncc(N3CCCC3)nc2c1)c1cccc(CCCNS(=O)O)c1F. The number of benzene rings is 2. The summed E-state index contributed by atoms with van der Waals surface area (Å²) in [7, 11) is 0. The third-order valence-corrected chi connectivity index (χ3v) is 5.84. The van der Waals surface area contributed by atoms with Crippen LogP contribution in [0.1, 0.15) is 40.7 Å². The zero-order valence-electron chi connectivity index (χ0n) is 16.9. The van der Waals surface area contributed by atoms with Crippen LogP contribution in [0.15, 0.2) is 42.6 Å². The number of aromatic nitrogens is 2. The molecule has 4 rings (SSSR count). The molecule has 162 valence electrons. The van der Waals surface area contributed by atoms with E-state index in [0.29, 0.717) is 35.0 Å². The van der Waals surface area contributed by atoms with Crippen LogP contribution in [-0.2, 0) is 17.7 Å². The molecule has 2 heterocycles. The van der Waals surface area contributed by atoms with Crippen LogP contribution in [-0.4, -0.2) is 44.1 Å². The first kappa shape index (κ1) is 21.5. The average Bonchev–Trinajstić information content (AvgIpc) is 3.31. The molecule has 1 atom stereocenters. The number of nitrogens with zero attached hydrogens (tertiary/aromatic N) is 3. The van der Waals surface area contributed by atoms with Gasteiger partial charge in [0.05, 0.1) is 22.8 Å². The molecule has 2 N–H and O–H groups in total. The topological polar surface area (TPSA) is 95.4 Å². The summed E-state index contributed by atoms with van der Waals surface area (Å²) in [4.78, 5) is 24.3. The number of nitrogens with one attached hydrogen (secondary N) is 1. The van der Waals surface area contributed by atoms with E-state index in [2.05, 4.69) is 19.6 Å². The minimum atomic E-state index is -2.09. The summed E-state index contributed by atoms with van der Waals surface area (Å²) in [5.74, 6) is -0.181. The van der Waals surface area contributed by atoms with Gasteiger partial charge in [0.25, 0.3) is 0 Å². The third-order valence-electron chi connectivity index (χ3n) is 5.39. The van der Waals surface area contributed by atoms with E-state index in [1.807, 2.05) is 0 Å². The molecule has 1 fully saturated rings. The molecule has 1 aromatic heterocycles. The molecule has 3 aromatic rings. The first-order valence-corrected chi connectivity index (χ1v) is 11.3. The molecule has 0 amide bonds. The molecule has 2 aromatic carbocycles. The lowest BCUT2D eigenvalue weighted by atomic mass is 9.98. The molecule has 0 spiro atoms. The Morgan fingerprint density at radius 2 is 2.00 bits per heavy atom. The van der Waals surface area contributed by atoms with E-state index >= 15 is 0 Å². The Balaban J connectivity index is 1.57. The number of fused-ring (bicyclic) bond motifs is 1. The van der Waals surface area contributed by atoms with Gasteiger partial charge in [0.1, 0.15) is 11.6 Å². The lowest BCUT2D eigenvalue weighted by Crippen LogP contribution is -2.19. The van der Waals surface area contributed by atoms with Crippen molar-refractivity contribution in [2.75, 3.05) is 24.5 Å². The van der Waals surface area contributed by atoms with Gasteiger partial charge in [-0.25, -0.2) is 18.3 Å². The number of rotatable bonds is 8. The maximum absolute atomic E-state index is 15.0. The Hall–Kier alpha value is -2.75. The van der Waals surface area contributed by atoms with Gasteiger partial charge in [0.15, 0.2) is 5.78 Å². The fourth-order valence-corrected chi connectivity index (χ4v) is 4.10. The number of carbonyl (C=O) groups is 1. The smallest absolute Gasteiger partial charge is 0.231 e. The Morgan fingerprint density at radius 1 is 1.19 bits per heavy atom. The van der Waals surface area contributed by atoms with E-state index in [9.17, 15) is 13.4 Å². The lowest BCUT2D eigenvalue weighted by molar-refractivity contribution is 0.103. The molecule has 1 saturated heterocycles. The van der Waals surface area contributed by atoms with Gasteiger partial charge in [-0.15, -0.1) is 0 Å². The number of hydrogen-bond donors (Lipinski definition) is 2.